The molecule has 0 spiro atoms. The van der Waals surface area contributed by atoms with Gasteiger partial charge in [0.25, 0.3) is 0 Å². The van der Waals surface area contributed by atoms with Crippen molar-refractivity contribution in [1.29, 1.82) is 0 Å². The summed E-state index contributed by atoms with van der Waals surface area (Å²) in [7, 11) is 0. The van der Waals surface area contributed by atoms with E-state index >= 15 is 0 Å². The van der Waals surface area contributed by atoms with E-state index in [1.165, 1.54) is 0 Å². The van der Waals surface area contributed by atoms with Crippen LogP contribution in [0.4, 0.5) is 0 Å². The van der Waals surface area contributed by atoms with E-state index in [4.69, 9.17) is 30.6 Å². The first kappa shape index (κ1) is 87.8. The molecule has 12 nitrogen and oxygen atoms in total. The third-order valence-electron chi connectivity index (χ3n) is 10.7. The third-order valence-corrected chi connectivity index (χ3v) is 10.7. The number of phenolic OH excluding ortho intramolecular Hbond substituents is 6. The maximum Gasteiger partial charge on any atom is 0.122 e. The fraction of sp³-hybridized carbons (Fsp3) is 0.471. The van der Waals surface area contributed by atoms with Crippen LogP contribution in [0.1, 0.15) is 195 Å². The molecule has 0 fully saturated rings. The van der Waals surface area contributed by atoms with Crippen LogP contribution in [0.2, 0.25) is 0 Å². The smallest absolute Gasteiger partial charge is 0.122 e. The Morgan fingerprint density at radius 3 is 0.373 bits per heavy atom. The number of phenols is 6. The first-order valence-corrected chi connectivity index (χ1v) is 27.5. The normalized spacial score (nSPS) is 10.2. The van der Waals surface area contributed by atoms with Crippen LogP contribution in [0.5, 0.6) is 34.5 Å². The number of benzene rings is 6. The molecule has 12 N–H and O–H groups in total. The van der Waals surface area contributed by atoms with Crippen LogP contribution in [0.25, 0.3) is 0 Å². The minimum atomic E-state index is -0.490. The van der Waals surface area contributed by atoms with E-state index in [-0.39, 0.29) is 136 Å². The zero-order valence-electron chi connectivity index (χ0n) is 54.4. The molecular weight excluding hydrogens is 1150 g/mol. The molecule has 0 amide bonds. The van der Waals surface area contributed by atoms with Crippen molar-refractivity contribution in [3.63, 3.8) is 0 Å². The summed E-state index contributed by atoms with van der Waals surface area (Å²) in [4.78, 5) is 0. The Morgan fingerprint density at radius 2 is 0.289 bits per heavy atom. The van der Waals surface area contributed by atoms with Crippen molar-refractivity contribution in [2.75, 3.05) is 0 Å². The van der Waals surface area contributed by atoms with Crippen LogP contribution in [0, 0.1) is 83.1 Å². The maximum atomic E-state index is 10.9. The largest absolute Gasteiger partial charge is 0.507 e. The first-order valence-electron chi connectivity index (χ1n) is 27.5. The fourth-order valence-electron chi connectivity index (χ4n) is 8.28. The van der Waals surface area contributed by atoms with Gasteiger partial charge in [-0.15, -0.1) is 0 Å². The molecule has 6 rings (SSSR count). The molecule has 6 aromatic carbocycles. The van der Waals surface area contributed by atoms with Crippen molar-refractivity contribution in [1.82, 2.24) is 0 Å². The van der Waals surface area contributed by atoms with Crippen molar-refractivity contribution in [2.24, 2.45) is 0 Å². The molecule has 0 aromatic heterocycles. The van der Waals surface area contributed by atoms with Gasteiger partial charge in [-0.1, -0.05) is 106 Å². The van der Waals surface area contributed by atoms with Crippen molar-refractivity contribution in [2.45, 2.75) is 215 Å². The predicted octanol–water partition coefficient (Wildman–Crippen LogP) is 14.0. The van der Waals surface area contributed by atoms with Crippen molar-refractivity contribution < 1.29 is 126 Å². The van der Waals surface area contributed by atoms with E-state index in [1.807, 2.05) is 156 Å². The van der Waals surface area contributed by atoms with Gasteiger partial charge in [-0.25, -0.2) is 0 Å². The number of hydrogen-bond acceptors (Lipinski definition) is 12. The molecule has 0 atom stereocenters. The Morgan fingerprint density at radius 1 is 0.205 bits per heavy atom. The summed E-state index contributed by atoms with van der Waals surface area (Å²) in [5, 5.41) is 114. The average molecular weight is 1260 g/mol. The predicted molar refractivity (Wildman–Crippen MR) is 332 cm³/mol. The van der Waals surface area contributed by atoms with Crippen molar-refractivity contribution >= 4 is 0 Å². The summed E-state index contributed by atoms with van der Waals surface area (Å²) >= 11 is 0. The monoisotopic (exact) mass is 1260 g/mol. The van der Waals surface area contributed by atoms with Gasteiger partial charge in [-0.3, -0.25) is 0 Å². The molecule has 0 aliphatic carbocycles. The average Bonchev–Trinajstić information content (AvgIpc) is 3.27. The molecular formula is C68H104O12Ti3. The third kappa shape index (κ3) is 33.5. The van der Waals surface area contributed by atoms with Gasteiger partial charge in [-0.2, -0.15) is 0 Å². The summed E-state index contributed by atoms with van der Waals surface area (Å²) in [6.45, 7) is 43.8. The number of aryl methyl sites for hydroxylation is 12. The van der Waals surface area contributed by atoms with Crippen LogP contribution < -0.4 is 0 Å². The van der Waals surface area contributed by atoms with Gasteiger partial charge in [0.05, 0.1) is 0 Å². The van der Waals surface area contributed by atoms with Gasteiger partial charge in [0.1, 0.15) is 34.5 Å². The van der Waals surface area contributed by atoms with E-state index in [0.717, 1.165) is 66.8 Å². The Labute approximate surface area is 544 Å². The number of hydrogen-bond donors (Lipinski definition) is 12. The van der Waals surface area contributed by atoms with Crippen molar-refractivity contribution in [3.05, 3.63) is 173 Å². The molecule has 6 aromatic rings. The van der Waals surface area contributed by atoms with Crippen LogP contribution in [0.15, 0.2) is 72.8 Å². The van der Waals surface area contributed by atoms with E-state index in [9.17, 15) is 30.6 Å². The second kappa shape index (κ2) is 42.8. The summed E-state index contributed by atoms with van der Waals surface area (Å²) < 4.78 is 0. The standard InChI is InChI=1S/2C25H28O3.6C3H8O.3Ti/c2*1-13-7-16(4)23(26)19(10-13)22(20-11-14(2)8-17(5)24(20)27)21-12-15(3)9-18(6)25(21)28;6*1-3(2)4;;;/h2*7-12,22,26-28H,1-6H3;6*3-4H,1-2H3;;;. The zero-order chi connectivity index (χ0) is 63.0. The van der Waals surface area contributed by atoms with Gasteiger partial charge in [0.15, 0.2) is 0 Å². The van der Waals surface area contributed by atoms with E-state index in [0.29, 0.717) is 33.4 Å². The summed E-state index contributed by atoms with van der Waals surface area (Å²) in [6.07, 6.45) is -1.00. The quantitative estimate of drug-likeness (QED) is 0.0551. The number of aliphatic hydroxyl groups excluding tert-OH is 6. The molecule has 0 aliphatic heterocycles. The van der Waals surface area contributed by atoms with E-state index < -0.39 is 11.8 Å². The molecule has 15 heteroatoms. The van der Waals surface area contributed by atoms with E-state index in [2.05, 4.69) is 0 Å². The molecule has 0 radical (unpaired) electrons. The number of aromatic hydroxyl groups is 6. The topological polar surface area (TPSA) is 243 Å². The van der Waals surface area contributed by atoms with Crippen molar-refractivity contribution in [3.8, 4) is 34.5 Å². The molecule has 83 heavy (non-hydrogen) atoms. The molecule has 0 aliphatic rings. The zero-order valence-corrected chi connectivity index (χ0v) is 59.1. The number of aliphatic hydroxyl groups is 6. The molecule has 0 heterocycles. The Bertz CT molecular complexity index is 2310. The second-order valence-electron chi connectivity index (χ2n) is 22.5. The Kier molecular flexibility index (Phi) is 45.2. The first-order chi connectivity index (χ1) is 36.6. The molecule has 0 unspecified atom stereocenters. The number of rotatable bonds is 6. The van der Waals surface area contributed by atoms with Gasteiger partial charge >= 0.3 is 0 Å². The van der Waals surface area contributed by atoms with Gasteiger partial charge in [0.2, 0.25) is 0 Å². The van der Waals surface area contributed by atoms with Gasteiger partial charge < -0.3 is 61.3 Å². The summed E-state index contributed by atoms with van der Waals surface area (Å²) in [5.74, 6) is 0.146. The van der Waals surface area contributed by atoms with Crippen LogP contribution >= 0.6 is 0 Å². The Hall–Kier alpha value is -3.98. The minimum Gasteiger partial charge on any atom is -0.507 e. The summed E-state index contributed by atoms with van der Waals surface area (Å²) in [5.41, 5.74) is 14.8. The van der Waals surface area contributed by atoms with Crippen LogP contribution in [0.3, 0.4) is 0 Å². The maximum absolute atomic E-state index is 10.9. The second-order valence-corrected chi connectivity index (χ2v) is 22.5. The molecule has 0 saturated heterocycles. The van der Waals surface area contributed by atoms with Crippen LogP contribution in [-0.2, 0) is 65.2 Å². The summed E-state index contributed by atoms with van der Waals surface area (Å²) in [6, 6.07) is 23.2. The fourth-order valence-corrected chi connectivity index (χ4v) is 8.28. The van der Waals surface area contributed by atoms with Crippen LogP contribution in [-0.4, -0.2) is 97.9 Å². The minimum absolute atomic E-state index is 0. The molecule has 460 valence electrons. The molecule has 0 bridgehead atoms. The SMILES string of the molecule is CC(C)O.CC(C)O.CC(C)O.CC(C)O.CC(C)O.CC(C)O.Cc1cc(C)c(O)c(C(c2cc(C)cc(C)c2O)c2cc(C)cc(C)c2O)c1.Cc1cc(C)c(O)c(C(c2cc(C)cc(C)c2O)c2cc(C)cc(C)c2O)c1.[Ti].[Ti].[Ti]. The molecule has 0 saturated carbocycles. The Balaban J connectivity index is -0.000000343. The van der Waals surface area contributed by atoms with E-state index in [1.54, 1.807) is 83.1 Å². The van der Waals surface area contributed by atoms with Gasteiger partial charge in [0, 0.05) is 147 Å². The van der Waals surface area contributed by atoms with Gasteiger partial charge in [-0.05, 0) is 200 Å².